The second-order valence-electron chi connectivity index (χ2n) is 5.26. The second kappa shape index (κ2) is 8.07. The molecule has 1 unspecified atom stereocenters. The van der Waals surface area contributed by atoms with E-state index < -0.39 is 0 Å². The van der Waals surface area contributed by atoms with Crippen LogP contribution < -0.4 is 15.5 Å². The van der Waals surface area contributed by atoms with Gasteiger partial charge >= 0.3 is 0 Å². The maximum Gasteiger partial charge on any atom is 0.223 e. The molecule has 1 aromatic heterocycles. The van der Waals surface area contributed by atoms with Crippen LogP contribution in [0.5, 0.6) is 5.75 Å². The predicted molar refractivity (Wildman–Crippen MR) is 78.1 cm³/mol. The zero-order valence-corrected chi connectivity index (χ0v) is 12.1. The van der Waals surface area contributed by atoms with Crippen molar-refractivity contribution in [1.29, 1.82) is 0 Å². The molecule has 2 heterocycles. The molecule has 1 aromatic rings. The maximum atomic E-state index is 11.8. The van der Waals surface area contributed by atoms with Crippen LogP contribution in [-0.4, -0.2) is 31.3 Å². The molecular formula is C15H24N2O3. The first-order valence-electron chi connectivity index (χ1n) is 7.42. The second-order valence-corrected chi connectivity index (χ2v) is 5.26. The van der Waals surface area contributed by atoms with Crippen LogP contribution in [0.25, 0.3) is 0 Å². The summed E-state index contributed by atoms with van der Waals surface area (Å²) in [5, 5.41) is 3.37. The SMILES string of the molecule is CCCOc1c[nH]c(COCC2CCCNC2)cc1=O. The van der Waals surface area contributed by atoms with Gasteiger partial charge in [-0.15, -0.1) is 0 Å². The number of H-pyrrole nitrogens is 1. The summed E-state index contributed by atoms with van der Waals surface area (Å²) < 4.78 is 11.0. The topological polar surface area (TPSA) is 63.4 Å². The lowest BCUT2D eigenvalue weighted by Crippen LogP contribution is -2.32. The Kier molecular flexibility index (Phi) is 6.08. The summed E-state index contributed by atoms with van der Waals surface area (Å²) in [4.78, 5) is 14.9. The Bertz CT molecular complexity index is 453. The van der Waals surface area contributed by atoms with Gasteiger partial charge in [0.05, 0.1) is 19.8 Å². The molecule has 112 valence electrons. The number of hydrogen-bond acceptors (Lipinski definition) is 4. The molecule has 1 aliphatic rings. The van der Waals surface area contributed by atoms with Crippen LogP contribution in [0.1, 0.15) is 31.9 Å². The molecule has 2 N–H and O–H groups in total. The van der Waals surface area contributed by atoms with E-state index in [0.717, 1.165) is 31.8 Å². The molecule has 1 saturated heterocycles. The predicted octanol–water partition coefficient (Wildman–Crippen LogP) is 1.68. The van der Waals surface area contributed by atoms with Crippen LogP contribution in [-0.2, 0) is 11.3 Å². The van der Waals surface area contributed by atoms with Crippen molar-refractivity contribution in [2.24, 2.45) is 5.92 Å². The molecule has 0 radical (unpaired) electrons. The van der Waals surface area contributed by atoms with Crippen molar-refractivity contribution in [3.05, 3.63) is 28.2 Å². The van der Waals surface area contributed by atoms with Gasteiger partial charge < -0.3 is 19.8 Å². The van der Waals surface area contributed by atoms with Gasteiger partial charge in [-0.1, -0.05) is 6.92 Å². The highest BCUT2D eigenvalue weighted by atomic mass is 16.5. The van der Waals surface area contributed by atoms with Crippen LogP contribution >= 0.6 is 0 Å². The molecule has 2 rings (SSSR count). The van der Waals surface area contributed by atoms with Gasteiger partial charge in [0.2, 0.25) is 5.43 Å². The Hall–Kier alpha value is -1.33. The van der Waals surface area contributed by atoms with Crippen molar-refractivity contribution < 1.29 is 9.47 Å². The molecule has 0 aliphatic carbocycles. The van der Waals surface area contributed by atoms with Gasteiger partial charge in [0.1, 0.15) is 0 Å². The van der Waals surface area contributed by atoms with E-state index in [0.29, 0.717) is 24.9 Å². The minimum atomic E-state index is -0.0878. The number of aromatic amines is 1. The quantitative estimate of drug-likeness (QED) is 0.797. The number of pyridine rings is 1. The summed E-state index contributed by atoms with van der Waals surface area (Å²) in [7, 11) is 0. The standard InChI is InChI=1S/C15H24N2O3/c1-2-6-20-15-9-17-13(7-14(15)18)11-19-10-12-4-3-5-16-8-12/h7,9,12,16H,2-6,8,10-11H2,1H3,(H,17,18). The minimum Gasteiger partial charge on any atom is -0.488 e. The Morgan fingerprint density at radius 2 is 2.35 bits per heavy atom. The molecule has 0 bridgehead atoms. The van der Waals surface area contributed by atoms with Gasteiger partial charge in [-0.3, -0.25) is 4.79 Å². The lowest BCUT2D eigenvalue weighted by atomic mass is 10.0. The highest BCUT2D eigenvalue weighted by Crippen LogP contribution is 2.11. The number of ether oxygens (including phenoxy) is 2. The number of hydrogen-bond donors (Lipinski definition) is 2. The summed E-state index contributed by atoms with van der Waals surface area (Å²) in [6, 6.07) is 1.56. The van der Waals surface area contributed by atoms with Gasteiger partial charge in [0.15, 0.2) is 5.75 Å². The van der Waals surface area contributed by atoms with Crippen molar-refractivity contribution in [2.75, 3.05) is 26.3 Å². The van der Waals surface area contributed by atoms with Crippen LogP contribution in [0.4, 0.5) is 0 Å². The molecule has 1 fully saturated rings. The number of piperidine rings is 1. The normalized spacial score (nSPS) is 18.9. The zero-order valence-electron chi connectivity index (χ0n) is 12.1. The van der Waals surface area contributed by atoms with E-state index in [2.05, 4.69) is 10.3 Å². The fourth-order valence-electron chi connectivity index (χ4n) is 2.31. The fraction of sp³-hybridized carbons (Fsp3) is 0.667. The van der Waals surface area contributed by atoms with Crippen molar-refractivity contribution >= 4 is 0 Å². The van der Waals surface area contributed by atoms with Crippen molar-refractivity contribution in [2.45, 2.75) is 32.8 Å². The highest BCUT2D eigenvalue weighted by molar-refractivity contribution is 5.20. The third kappa shape index (κ3) is 4.65. The number of rotatable bonds is 7. The van der Waals surface area contributed by atoms with Gasteiger partial charge in [-0.25, -0.2) is 0 Å². The number of aromatic nitrogens is 1. The molecule has 5 nitrogen and oxygen atoms in total. The molecule has 5 heteroatoms. The third-order valence-corrected chi connectivity index (χ3v) is 3.41. The average Bonchev–Trinajstić information content (AvgIpc) is 2.47. The lowest BCUT2D eigenvalue weighted by molar-refractivity contribution is 0.0762. The van der Waals surface area contributed by atoms with Crippen molar-refractivity contribution in [1.82, 2.24) is 10.3 Å². The van der Waals surface area contributed by atoms with Crippen molar-refractivity contribution in [3.8, 4) is 5.75 Å². The van der Waals surface area contributed by atoms with Crippen LogP contribution in [0.15, 0.2) is 17.1 Å². The smallest absolute Gasteiger partial charge is 0.223 e. The van der Waals surface area contributed by atoms with E-state index in [4.69, 9.17) is 9.47 Å². The first kappa shape index (κ1) is 15.1. The molecule has 20 heavy (non-hydrogen) atoms. The van der Waals surface area contributed by atoms with E-state index in [1.165, 1.54) is 12.8 Å². The largest absolute Gasteiger partial charge is 0.488 e. The molecule has 0 aromatic carbocycles. The van der Waals surface area contributed by atoms with Gasteiger partial charge in [-0.2, -0.15) is 0 Å². The zero-order chi connectivity index (χ0) is 14.2. The maximum absolute atomic E-state index is 11.8. The Labute approximate surface area is 119 Å². The Balaban J connectivity index is 1.78. The fourth-order valence-corrected chi connectivity index (χ4v) is 2.31. The van der Waals surface area contributed by atoms with E-state index in [1.807, 2.05) is 6.92 Å². The summed E-state index contributed by atoms with van der Waals surface area (Å²) in [6.45, 7) is 5.90. The monoisotopic (exact) mass is 280 g/mol. The molecule has 1 atom stereocenters. The van der Waals surface area contributed by atoms with Crippen LogP contribution in [0.2, 0.25) is 0 Å². The summed E-state index contributed by atoms with van der Waals surface area (Å²) in [5.74, 6) is 0.967. The third-order valence-electron chi connectivity index (χ3n) is 3.41. The van der Waals surface area contributed by atoms with Crippen molar-refractivity contribution in [3.63, 3.8) is 0 Å². The summed E-state index contributed by atoms with van der Waals surface area (Å²) in [5.41, 5.74) is 0.706. The summed E-state index contributed by atoms with van der Waals surface area (Å²) >= 11 is 0. The van der Waals surface area contributed by atoms with Crippen LogP contribution in [0.3, 0.4) is 0 Å². The van der Waals surface area contributed by atoms with Gasteiger partial charge in [0, 0.05) is 24.5 Å². The number of nitrogens with one attached hydrogen (secondary N) is 2. The van der Waals surface area contributed by atoms with Gasteiger partial charge in [-0.05, 0) is 31.7 Å². The van der Waals surface area contributed by atoms with E-state index >= 15 is 0 Å². The molecular weight excluding hydrogens is 256 g/mol. The molecule has 0 spiro atoms. The Morgan fingerprint density at radius 1 is 1.45 bits per heavy atom. The molecule has 0 amide bonds. The molecule has 1 aliphatic heterocycles. The average molecular weight is 280 g/mol. The van der Waals surface area contributed by atoms with Gasteiger partial charge in [0.25, 0.3) is 0 Å². The first-order chi connectivity index (χ1) is 9.79. The van der Waals surface area contributed by atoms with E-state index in [1.54, 1.807) is 12.3 Å². The van der Waals surface area contributed by atoms with Crippen LogP contribution in [0, 0.1) is 5.92 Å². The minimum absolute atomic E-state index is 0.0878. The molecule has 0 saturated carbocycles. The first-order valence-corrected chi connectivity index (χ1v) is 7.42. The highest BCUT2D eigenvalue weighted by Gasteiger charge is 2.12. The summed E-state index contributed by atoms with van der Waals surface area (Å²) in [6.07, 6.45) is 4.94. The Morgan fingerprint density at radius 3 is 3.05 bits per heavy atom. The van der Waals surface area contributed by atoms with E-state index in [-0.39, 0.29) is 5.43 Å². The van der Waals surface area contributed by atoms with E-state index in [9.17, 15) is 4.79 Å². The lowest BCUT2D eigenvalue weighted by Gasteiger charge is -2.22.